The van der Waals surface area contributed by atoms with Crippen LogP contribution in [0.5, 0.6) is 5.75 Å². The Labute approximate surface area is 153 Å². The van der Waals surface area contributed by atoms with E-state index < -0.39 is 23.9 Å². The summed E-state index contributed by atoms with van der Waals surface area (Å²) in [5.41, 5.74) is -0.0256. The van der Waals surface area contributed by atoms with Crippen LogP contribution in [0.2, 0.25) is 0 Å². The average molecular weight is 371 g/mol. The minimum atomic E-state index is -0.830. The van der Waals surface area contributed by atoms with Crippen molar-refractivity contribution < 1.29 is 23.6 Å². The number of carbonyl (C=O) groups excluding carboxylic acids is 2. The Morgan fingerprint density at radius 3 is 2.78 bits per heavy atom. The van der Waals surface area contributed by atoms with E-state index in [1.165, 1.54) is 7.11 Å². The van der Waals surface area contributed by atoms with Crippen LogP contribution >= 0.6 is 0 Å². The van der Waals surface area contributed by atoms with Crippen molar-refractivity contribution in [3.63, 3.8) is 0 Å². The largest absolute Gasteiger partial charge is 0.497 e. The third-order valence-corrected chi connectivity index (χ3v) is 3.92. The van der Waals surface area contributed by atoms with Crippen molar-refractivity contribution in [2.24, 2.45) is 0 Å². The molecule has 27 heavy (non-hydrogen) atoms. The molecular weight excluding hydrogens is 354 g/mol. The van der Waals surface area contributed by atoms with Crippen LogP contribution in [0.1, 0.15) is 33.6 Å². The summed E-state index contributed by atoms with van der Waals surface area (Å²) in [6.07, 6.45) is 0. The van der Waals surface area contributed by atoms with Crippen molar-refractivity contribution in [1.82, 2.24) is 14.7 Å². The number of Topliss-reactive ketones (excluding diaryl/α,β-unsaturated/α-hetero) is 1. The molecule has 2 aromatic heterocycles. The van der Waals surface area contributed by atoms with Crippen LogP contribution in [-0.2, 0) is 11.3 Å². The highest BCUT2D eigenvalue weighted by Gasteiger charge is 2.24. The average Bonchev–Trinajstić information content (AvgIpc) is 3.04. The molecule has 0 spiro atoms. The van der Waals surface area contributed by atoms with E-state index in [2.05, 4.69) is 10.1 Å². The van der Waals surface area contributed by atoms with Gasteiger partial charge in [0.2, 0.25) is 5.82 Å². The van der Waals surface area contributed by atoms with Crippen LogP contribution in [0.25, 0.3) is 11.1 Å². The Hall–Kier alpha value is -3.49. The molecule has 1 aromatic carbocycles. The van der Waals surface area contributed by atoms with E-state index >= 15 is 0 Å². The highest BCUT2D eigenvalue weighted by Crippen LogP contribution is 2.16. The molecule has 2 heterocycles. The quantitative estimate of drug-likeness (QED) is 0.476. The highest BCUT2D eigenvalue weighted by atomic mass is 16.5. The van der Waals surface area contributed by atoms with Gasteiger partial charge in [-0.05, 0) is 26.0 Å². The van der Waals surface area contributed by atoms with Crippen molar-refractivity contribution in [3.8, 4) is 5.75 Å². The van der Waals surface area contributed by atoms with Crippen molar-refractivity contribution in [3.05, 3.63) is 51.7 Å². The molecule has 0 aliphatic rings. The van der Waals surface area contributed by atoms with Crippen molar-refractivity contribution in [2.45, 2.75) is 20.4 Å². The molecule has 0 fully saturated rings. The van der Waals surface area contributed by atoms with Gasteiger partial charge >= 0.3 is 5.97 Å². The summed E-state index contributed by atoms with van der Waals surface area (Å²) in [5.74, 6) is -1.04. The van der Waals surface area contributed by atoms with E-state index in [1.807, 2.05) is 0 Å². The van der Waals surface area contributed by atoms with Gasteiger partial charge in [-0.15, -0.1) is 0 Å². The predicted octanol–water partition coefficient (Wildman–Crippen LogP) is 1.76. The molecular formula is C18H17N3O6. The Morgan fingerprint density at radius 1 is 1.30 bits per heavy atom. The fourth-order valence-electron chi connectivity index (χ4n) is 2.60. The summed E-state index contributed by atoms with van der Waals surface area (Å²) in [6, 6.07) is 6.50. The van der Waals surface area contributed by atoms with Gasteiger partial charge in [0.05, 0.1) is 26.0 Å². The molecule has 0 bridgehead atoms. The zero-order chi connectivity index (χ0) is 19.6. The topological polar surface area (TPSA) is 114 Å². The van der Waals surface area contributed by atoms with Crippen LogP contribution in [0.3, 0.4) is 0 Å². The lowest BCUT2D eigenvalue weighted by Crippen LogP contribution is -2.31. The third-order valence-electron chi connectivity index (χ3n) is 3.92. The van der Waals surface area contributed by atoms with Crippen LogP contribution < -0.4 is 10.3 Å². The summed E-state index contributed by atoms with van der Waals surface area (Å²) in [6.45, 7) is 2.89. The van der Waals surface area contributed by atoms with Gasteiger partial charge in [0.1, 0.15) is 11.1 Å². The third kappa shape index (κ3) is 3.43. The lowest BCUT2D eigenvalue weighted by Gasteiger charge is -2.11. The van der Waals surface area contributed by atoms with E-state index in [0.717, 1.165) is 4.57 Å². The van der Waals surface area contributed by atoms with Crippen LogP contribution in [0.4, 0.5) is 0 Å². The van der Waals surface area contributed by atoms with Gasteiger partial charge in [-0.1, -0.05) is 17.3 Å². The van der Waals surface area contributed by atoms with Gasteiger partial charge in [0.25, 0.3) is 11.3 Å². The zero-order valence-corrected chi connectivity index (χ0v) is 15.0. The van der Waals surface area contributed by atoms with Crippen molar-refractivity contribution in [1.29, 1.82) is 0 Å². The summed E-state index contributed by atoms with van der Waals surface area (Å²) in [5, 5.41) is 3.81. The maximum atomic E-state index is 12.9. The number of esters is 1. The number of rotatable bonds is 6. The maximum absolute atomic E-state index is 12.9. The number of aryl methyl sites for hydroxylation is 1. The number of nitrogens with zero attached hydrogens (tertiary/aromatic N) is 3. The first-order valence-corrected chi connectivity index (χ1v) is 8.17. The van der Waals surface area contributed by atoms with E-state index in [0.29, 0.717) is 17.0 Å². The number of hydrogen-bond acceptors (Lipinski definition) is 8. The van der Waals surface area contributed by atoms with Gasteiger partial charge in [0, 0.05) is 5.56 Å². The number of aromatic nitrogens is 3. The van der Waals surface area contributed by atoms with Gasteiger partial charge in [-0.3, -0.25) is 14.2 Å². The number of methoxy groups -OCH3 is 1. The van der Waals surface area contributed by atoms with E-state index in [9.17, 15) is 14.4 Å². The Kier molecular flexibility index (Phi) is 5.02. The first kappa shape index (κ1) is 18.3. The molecule has 0 amide bonds. The monoisotopic (exact) mass is 371 g/mol. The van der Waals surface area contributed by atoms with E-state index in [-0.39, 0.29) is 23.5 Å². The summed E-state index contributed by atoms with van der Waals surface area (Å²) < 4.78 is 16.0. The first-order valence-electron chi connectivity index (χ1n) is 8.17. The number of benzene rings is 1. The molecule has 0 radical (unpaired) electrons. The highest BCUT2D eigenvalue weighted by molar-refractivity contribution is 5.97. The van der Waals surface area contributed by atoms with Crippen LogP contribution in [0, 0.1) is 6.92 Å². The molecule has 9 nitrogen and oxygen atoms in total. The predicted molar refractivity (Wildman–Crippen MR) is 94.1 cm³/mol. The van der Waals surface area contributed by atoms with Gasteiger partial charge in [-0.2, -0.15) is 4.98 Å². The van der Waals surface area contributed by atoms with Crippen LogP contribution in [-0.4, -0.2) is 40.2 Å². The second-order valence-electron chi connectivity index (χ2n) is 5.65. The molecule has 140 valence electrons. The van der Waals surface area contributed by atoms with Crippen molar-refractivity contribution >= 4 is 22.9 Å². The van der Waals surface area contributed by atoms with Crippen molar-refractivity contribution in [2.75, 3.05) is 13.7 Å². The zero-order valence-electron chi connectivity index (χ0n) is 15.0. The maximum Gasteiger partial charge on any atom is 0.374 e. The Balaban J connectivity index is 2.10. The smallest absolute Gasteiger partial charge is 0.374 e. The Morgan fingerprint density at radius 2 is 2.07 bits per heavy atom. The van der Waals surface area contributed by atoms with Gasteiger partial charge in [0.15, 0.2) is 5.78 Å². The molecule has 0 N–H and O–H groups in total. The minimum absolute atomic E-state index is 0.0781. The van der Waals surface area contributed by atoms with Gasteiger partial charge < -0.3 is 14.0 Å². The Bertz CT molecular complexity index is 1080. The lowest BCUT2D eigenvalue weighted by molar-refractivity contribution is 0.0504. The summed E-state index contributed by atoms with van der Waals surface area (Å²) in [7, 11) is 1.49. The standard InChI is InChI=1S/C18H17N3O6/c1-4-26-18(24)15-19-16-14(10(2)20-27-16)17(23)21(15)9-13(22)11-6-5-7-12(8-11)25-3/h5-8H,4,9H2,1-3H3. The summed E-state index contributed by atoms with van der Waals surface area (Å²) in [4.78, 5) is 41.8. The molecule has 0 aliphatic carbocycles. The van der Waals surface area contributed by atoms with Crippen LogP contribution in [0.15, 0.2) is 33.6 Å². The van der Waals surface area contributed by atoms with E-state index in [1.54, 1.807) is 38.1 Å². The fourth-order valence-corrected chi connectivity index (χ4v) is 2.60. The number of hydrogen-bond donors (Lipinski definition) is 0. The first-order chi connectivity index (χ1) is 13.0. The molecule has 0 saturated carbocycles. The SMILES string of the molecule is CCOC(=O)c1nc2onc(C)c2c(=O)n1CC(=O)c1cccc(OC)c1. The second-order valence-corrected chi connectivity index (χ2v) is 5.65. The normalized spacial score (nSPS) is 10.8. The molecule has 3 rings (SSSR count). The molecule has 0 atom stereocenters. The minimum Gasteiger partial charge on any atom is -0.497 e. The fraction of sp³-hybridized carbons (Fsp3) is 0.278. The molecule has 0 saturated heterocycles. The number of fused-ring (bicyclic) bond motifs is 1. The number of carbonyl (C=O) groups is 2. The molecule has 0 unspecified atom stereocenters. The molecule has 3 aromatic rings. The van der Waals surface area contributed by atoms with Gasteiger partial charge in [-0.25, -0.2) is 4.79 Å². The number of ketones is 1. The summed E-state index contributed by atoms with van der Waals surface area (Å²) >= 11 is 0. The number of ether oxygens (including phenoxy) is 2. The second kappa shape index (κ2) is 7.40. The van der Waals surface area contributed by atoms with E-state index in [4.69, 9.17) is 14.0 Å². The lowest BCUT2D eigenvalue weighted by atomic mass is 10.1. The molecule has 0 aliphatic heterocycles. The molecule has 9 heteroatoms.